The average molecular weight is 261 g/mol. The molecular formula is C16H23NO2. The van der Waals surface area contributed by atoms with E-state index in [1.165, 1.54) is 0 Å². The molecule has 3 nitrogen and oxygen atoms in total. The highest BCUT2D eigenvalue weighted by molar-refractivity contribution is 5.99. The third-order valence-corrected chi connectivity index (χ3v) is 3.65. The van der Waals surface area contributed by atoms with Gasteiger partial charge in [0.1, 0.15) is 0 Å². The number of aryl methyl sites for hydroxylation is 2. The number of likely N-dealkylation sites (N-methyl/N-ethyl adjacent to an activating group) is 1. The lowest BCUT2D eigenvalue weighted by atomic mass is 10.0. The molecule has 1 heterocycles. The lowest BCUT2D eigenvalue weighted by molar-refractivity contribution is 0.0740. The first-order valence-corrected chi connectivity index (χ1v) is 6.97. The predicted molar refractivity (Wildman–Crippen MR) is 76.7 cm³/mol. The van der Waals surface area contributed by atoms with Crippen molar-refractivity contribution in [3.8, 4) is 0 Å². The van der Waals surface area contributed by atoms with Crippen LogP contribution in [0.1, 0.15) is 34.3 Å². The molecule has 1 atom stereocenters. The van der Waals surface area contributed by atoms with E-state index in [1.807, 2.05) is 39.1 Å². The minimum absolute atomic E-state index is 0.196. The fourth-order valence-electron chi connectivity index (χ4n) is 2.57. The Balaban J connectivity index is 1.94. The van der Waals surface area contributed by atoms with Crippen LogP contribution in [0.3, 0.4) is 0 Å². The van der Waals surface area contributed by atoms with Crippen LogP contribution >= 0.6 is 0 Å². The summed E-state index contributed by atoms with van der Waals surface area (Å²) in [6.45, 7) is 6.18. The summed E-state index contributed by atoms with van der Waals surface area (Å²) in [7, 11) is 1.99. The third kappa shape index (κ3) is 3.88. The number of carbonyl (C=O) groups excluding carboxylic acids is 1. The van der Waals surface area contributed by atoms with Crippen LogP contribution in [-0.4, -0.2) is 43.5 Å². The molecule has 3 heteroatoms. The van der Waals surface area contributed by atoms with Crippen LogP contribution in [0, 0.1) is 13.8 Å². The van der Waals surface area contributed by atoms with E-state index >= 15 is 0 Å². The molecule has 0 saturated carbocycles. The molecule has 0 bridgehead atoms. The van der Waals surface area contributed by atoms with Crippen molar-refractivity contribution in [3.63, 3.8) is 0 Å². The van der Waals surface area contributed by atoms with Crippen molar-refractivity contribution in [3.05, 3.63) is 34.9 Å². The van der Waals surface area contributed by atoms with Crippen molar-refractivity contribution in [2.24, 2.45) is 0 Å². The Kier molecular flexibility index (Phi) is 4.72. The van der Waals surface area contributed by atoms with Gasteiger partial charge in [0, 0.05) is 18.7 Å². The molecule has 19 heavy (non-hydrogen) atoms. The third-order valence-electron chi connectivity index (χ3n) is 3.65. The zero-order valence-electron chi connectivity index (χ0n) is 12.1. The van der Waals surface area contributed by atoms with Crippen molar-refractivity contribution in [2.75, 3.05) is 26.7 Å². The molecule has 0 aliphatic carbocycles. The van der Waals surface area contributed by atoms with E-state index in [4.69, 9.17) is 4.74 Å². The normalized spacial score (nSPS) is 19.1. The van der Waals surface area contributed by atoms with Gasteiger partial charge in [-0.1, -0.05) is 17.7 Å². The van der Waals surface area contributed by atoms with E-state index in [2.05, 4.69) is 4.90 Å². The fraction of sp³-hybridized carbons (Fsp3) is 0.562. The Morgan fingerprint density at radius 2 is 2.21 bits per heavy atom. The van der Waals surface area contributed by atoms with Crippen molar-refractivity contribution >= 4 is 5.78 Å². The Morgan fingerprint density at radius 1 is 1.42 bits per heavy atom. The maximum atomic E-state index is 12.3. The lowest BCUT2D eigenvalue weighted by Crippen LogP contribution is -2.33. The molecular weight excluding hydrogens is 238 g/mol. The highest BCUT2D eigenvalue weighted by Gasteiger charge is 2.19. The topological polar surface area (TPSA) is 29.5 Å². The van der Waals surface area contributed by atoms with E-state index < -0.39 is 0 Å². The fourth-order valence-corrected chi connectivity index (χ4v) is 2.57. The molecule has 0 radical (unpaired) electrons. The summed E-state index contributed by atoms with van der Waals surface area (Å²) in [4.78, 5) is 14.4. The molecule has 1 aromatic carbocycles. The standard InChI is InChI=1S/C16H23NO2/c1-12-6-7-13(2)15(9-12)16(18)11-17(3)10-14-5-4-8-19-14/h6-7,9,14H,4-5,8,10-11H2,1-3H3. The number of carbonyl (C=O) groups is 1. The molecule has 0 N–H and O–H groups in total. The molecule has 0 aromatic heterocycles. The van der Waals surface area contributed by atoms with Crippen LogP contribution < -0.4 is 0 Å². The SMILES string of the molecule is Cc1ccc(C)c(C(=O)CN(C)CC2CCCO2)c1. The number of nitrogens with zero attached hydrogens (tertiary/aromatic N) is 1. The quantitative estimate of drug-likeness (QED) is 0.763. The van der Waals surface area contributed by atoms with Gasteiger partial charge in [0.2, 0.25) is 0 Å². The number of hydrogen-bond donors (Lipinski definition) is 0. The minimum Gasteiger partial charge on any atom is -0.377 e. The molecule has 1 aliphatic heterocycles. The summed E-state index contributed by atoms with van der Waals surface area (Å²) < 4.78 is 5.60. The van der Waals surface area contributed by atoms with Gasteiger partial charge in [-0.05, 0) is 45.4 Å². The van der Waals surface area contributed by atoms with Crippen LogP contribution in [0.25, 0.3) is 0 Å². The van der Waals surface area contributed by atoms with Crippen LogP contribution in [0.2, 0.25) is 0 Å². The van der Waals surface area contributed by atoms with Gasteiger partial charge in [0.05, 0.1) is 12.6 Å². The molecule has 1 saturated heterocycles. The first-order chi connectivity index (χ1) is 9.06. The van der Waals surface area contributed by atoms with Crippen molar-refractivity contribution in [1.82, 2.24) is 4.90 Å². The van der Waals surface area contributed by atoms with Crippen LogP contribution in [0.5, 0.6) is 0 Å². The minimum atomic E-state index is 0.196. The highest BCUT2D eigenvalue weighted by atomic mass is 16.5. The number of Topliss-reactive ketones (excluding diaryl/α,β-unsaturated/α-hetero) is 1. The predicted octanol–water partition coefficient (Wildman–Crippen LogP) is 2.60. The second kappa shape index (κ2) is 6.31. The number of benzene rings is 1. The van der Waals surface area contributed by atoms with Gasteiger partial charge in [-0.25, -0.2) is 0 Å². The maximum absolute atomic E-state index is 12.3. The average Bonchev–Trinajstić information content (AvgIpc) is 2.84. The maximum Gasteiger partial charge on any atom is 0.177 e. The Labute approximate surface area is 115 Å². The number of rotatable bonds is 5. The van der Waals surface area contributed by atoms with Gasteiger partial charge in [-0.15, -0.1) is 0 Å². The Morgan fingerprint density at radius 3 is 2.89 bits per heavy atom. The summed E-state index contributed by atoms with van der Waals surface area (Å²) >= 11 is 0. The second-order valence-electron chi connectivity index (χ2n) is 5.57. The van der Waals surface area contributed by atoms with E-state index in [0.29, 0.717) is 12.6 Å². The van der Waals surface area contributed by atoms with E-state index in [1.54, 1.807) is 0 Å². The van der Waals surface area contributed by atoms with Crippen molar-refractivity contribution in [2.45, 2.75) is 32.8 Å². The van der Waals surface area contributed by atoms with Gasteiger partial charge < -0.3 is 4.74 Å². The monoisotopic (exact) mass is 261 g/mol. The summed E-state index contributed by atoms with van der Waals surface area (Å²) in [5.74, 6) is 0.196. The molecule has 104 valence electrons. The van der Waals surface area contributed by atoms with Crippen molar-refractivity contribution < 1.29 is 9.53 Å². The summed E-state index contributed by atoms with van der Waals surface area (Å²) in [5, 5.41) is 0. The molecule has 1 unspecified atom stereocenters. The first-order valence-electron chi connectivity index (χ1n) is 6.97. The van der Waals surface area contributed by atoms with Gasteiger partial charge in [-0.2, -0.15) is 0 Å². The lowest BCUT2D eigenvalue weighted by Gasteiger charge is -2.20. The zero-order chi connectivity index (χ0) is 13.8. The summed E-state index contributed by atoms with van der Waals surface area (Å²) in [6.07, 6.45) is 2.56. The molecule has 2 rings (SSSR count). The molecule has 1 fully saturated rings. The Hall–Kier alpha value is -1.19. The number of hydrogen-bond acceptors (Lipinski definition) is 3. The largest absolute Gasteiger partial charge is 0.377 e. The highest BCUT2D eigenvalue weighted by Crippen LogP contribution is 2.14. The zero-order valence-corrected chi connectivity index (χ0v) is 12.1. The van der Waals surface area contributed by atoms with Gasteiger partial charge in [-0.3, -0.25) is 9.69 Å². The van der Waals surface area contributed by atoms with E-state index in [-0.39, 0.29) is 5.78 Å². The molecule has 0 spiro atoms. The van der Waals surface area contributed by atoms with Crippen molar-refractivity contribution in [1.29, 1.82) is 0 Å². The van der Waals surface area contributed by atoms with Crippen LogP contribution in [-0.2, 0) is 4.74 Å². The van der Waals surface area contributed by atoms with E-state index in [0.717, 1.165) is 42.7 Å². The molecule has 1 aromatic rings. The molecule has 1 aliphatic rings. The van der Waals surface area contributed by atoms with E-state index in [9.17, 15) is 4.79 Å². The smallest absolute Gasteiger partial charge is 0.177 e. The van der Waals surface area contributed by atoms with Gasteiger partial charge >= 0.3 is 0 Å². The first kappa shape index (κ1) is 14.2. The number of ketones is 1. The van der Waals surface area contributed by atoms with Gasteiger partial charge in [0.25, 0.3) is 0 Å². The van der Waals surface area contributed by atoms with Crippen LogP contribution in [0.4, 0.5) is 0 Å². The molecule has 0 amide bonds. The number of ether oxygens (including phenoxy) is 1. The Bertz CT molecular complexity index is 450. The summed E-state index contributed by atoms with van der Waals surface area (Å²) in [6, 6.07) is 6.04. The summed E-state index contributed by atoms with van der Waals surface area (Å²) in [5.41, 5.74) is 3.04. The van der Waals surface area contributed by atoms with Gasteiger partial charge in [0.15, 0.2) is 5.78 Å². The second-order valence-corrected chi connectivity index (χ2v) is 5.57. The van der Waals surface area contributed by atoms with Crippen LogP contribution in [0.15, 0.2) is 18.2 Å².